The van der Waals surface area contributed by atoms with E-state index in [9.17, 15) is 14.9 Å². The molecule has 0 radical (unpaired) electrons. The van der Waals surface area contributed by atoms with Gasteiger partial charge in [-0.2, -0.15) is 0 Å². The van der Waals surface area contributed by atoms with Gasteiger partial charge in [-0.05, 0) is 44.4 Å². The Morgan fingerprint density at radius 3 is 2.48 bits per heavy atom. The number of anilines is 2. The largest absolute Gasteiger partial charge is 0.371 e. The average molecular weight is 339 g/mol. The van der Waals surface area contributed by atoms with Crippen molar-refractivity contribution in [3.05, 3.63) is 63.2 Å². The molecule has 0 saturated carbocycles. The van der Waals surface area contributed by atoms with E-state index in [1.165, 1.54) is 12.1 Å². The van der Waals surface area contributed by atoms with Crippen LogP contribution in [0.1, 0.15) is 34.3 Å². The third-order valence-corrected chi connectivity index (χ3v) is 4.51. The number of nitrogens with zero attached hydrogens (tertiary/aromatic N) is 2. The van der Waals surface area contributed by atoms with Crippen LogP contribution in [0.3, 0.4) is 0 Å². The molecule has 1 saturated heterocycles. The van der Waals surface area contributed by atoms with E-state index in [4.69, 9.17) is 0 Å². The van der Waals surface area contributed by atoms with Gasteiger partial charge in [0, 0.05) is 30.9 Å². The molecule has 1 N–H and O–H groups in total. The molecule has 6 heteroatoms. The van der Waals surface area contributed by atoms with Crippen molar-refractivity contribution in [3.63, 3.8) is 0 Å². The third kappa shape index (κ3) is 3.63. The van der Waals surface area contributed by atoms with Gasteiger partial charge >= 0.3 is 0 Å². The zero-order chi connectivity index (χ0) is 18.0. The SMILES string of the molecule is Cc1ccc(NC(=O)c2cc([N+](=O)[O-])ccc2N2CCCC2)c(C)c1. The van der Waals surface area contributed by atoms with Gasteiger partial charge in [0.2, 0.25) is 0 Å². The van der Waals surface area contributed by atoms with Gasteiger partial charge in [-0.25, -0.2) is 0 Å². The quantitative estimate of drug-likeness (QED) is 0.673. The van der Waals surface area contributed by atoms with E-state index in [2.05, 4.69) is 10.2 Å². The maximum absolute atomic E-state index is 12.8. The van der Waals surface area contributed by atoms with Crippen molar-refractivity contribution >= 4 is 23.0 Å². The van der Waals surface area contributed by atoms with Crippen LogP contribution in [0.2, 0.25) is 0 Å². The number of hydrogen-bond acceptors (Lipinski definition) is 4. The maximum atomic E-state index is 12.8. The first kappa shape index (κ1) is 17.0. The summed E-state index contributed by atoms with van der Waals surface area (Å²) in [7, 11) is 0. The van der Waals surface area contributed by atoms with Crippen LogP contribution in [0.4, 0.5) is 17.1 Å². The topological polar surface area (TPSA) is 75.5 Å². The van der Waals surface area contributed by atoms with Crippen LogP contribution in [0.5, 0.6) is 0 Å². The second-order valence-corrected chi connectivity index (χ2v) is 6.43. The number of hydrogen-bond donors (Lipinski definition) is 1. The molecule has 2 aromatic carbocycles. The van der Waals surface area contributed by atoms with Crippen LogP contribution < -0.4 is 10.2 Å². The Morgan fingerprint density at radius 2 is 1.84 bits per heavy atom. The lowest BCUT2D eigenvalue weighted by molar-refractivity contribution is -0.384. The molecule has 0 spiro atoms. The highest BCUT2D eigenvalue weighted by atomic mass is 16.6. The van der Waals surface area contributed by atoms with Crippen LogP contribution in [0.25, 0.3) is 0 Å². The minimum atomic E-state index is -0.471. The third-order valence-electron chi connectivity index (χ3n) is 4.51. The van der Waals surface area contributed by atoms with E-state index in [0.717, 1.165) is 48.4 Å². The summed E-state index contributed by atoms with van der Waals surface area (Å²) in [6, 6.07) is 10.3. The van der Waals surface area contributed by atoms with Crippen LogP contribution in [0.15, 0.2) is 36.4 Å². The summed E-state index contributed by atoms with van der Waals surface area (Å²) in [6.45, 7) is 5.64. The molecule has 3 rings (SSSR count). The predicted molar refractivity (Wildman–Crippen MR) is 98.4 cm³/mol. The number of nitro groups is 1. The summed E-state index contributed by atoms with van der Waals surface area (Å²) >= 11 is 0. The lowest BCUT2D eigenvalue weighted by atomic mass is 10.1. The smallest absolute Gasteiger partial charge is 0.270 e. The highest BCUT2D eigenvalue weighted by Gasteiger charge is 2.22. The molecule has 0 atom stereocenters. The lowest BCUT2D eigenvalue weighted by Gasteiger charge is -2.21. The number of amides is 1. The van der Waals surface area contributed by atoms with E-state index in [0.29, 0.717) is 5.56 Å². The highest BCUT2D eigenvalue weighted by molar-refractivity contribution is 6.09. The number of carbonyl (C=O) groups is 1. The molecular weight excluding hydrogens is 318 g/mol. The molecule has 1 fully saturated rings. The van der Waals surface area contributed by atoms with Crippen molar-refractivity contribution < 1.29 is 9.72 Å². The summed E-state index contributed by atoms with van der Waals surface area (Å²) < 4.78 is 0. The molecule has 25 heavy (non-hydrogen) atoms. The summed E-state index contributed by atoms with van der Waals surface area (Å²) in [6.07, 6.45) is 2.13. The van der Waals surface area contributed by atoms with Gasteiger partial charge in [0.1, 0.15) is 0 Å². The van der Waals surface area contributed by atoms with Gasteiger partial charge in [-0.1, -0.05) is 17.7 Å². The minimum Gasteiger partial charge on any atom is -0.371 e. The Morgan fingerprint density at radius 1 is 1.12 bits per heavy atom. The molecular formula is C19H21N3O3. The van der Waals surface area contributed by atoms with Gasteiger partial charge in [0.15, 0.2) is 0 Å². The number of nitrogens with one attached hydrogen (secondary N) is 1. The fourth-order valence-electron chi connectivity index (χ4n) is 3.20. The molecule has 6 nitrogen and oxygen atoms in total. The van der Waals surface area contributed by atoms with Gasteiger partial charge < -0.3 is 10.2 Å². The molecule has 0 bridgehead atoms. The first-order valence-corrected chi connectivity index (χ1v) is 8.38. The van der Waals surface area contributed by atoms with Gasteiger partial charge in [-0.3, -0.25) is 14.9 Å². The van der Waals surface area contributed by atoms with Crippen molar-refractivity contribution in [1.82, 2.24) is 0 Å². The zero-order valence-corrected chi connectivity index (χ0v) is 14.4. The Bertz CT molecular complexity index is 827. The molecule has 2 aromatic rings. The van der Waals surface area contributed by atoms with Gasteiger partial charge in [0.25, 0.3) is 11.6 Å². The fourth-order valence-corrected chi connectivity index (χ4v) is 3.20. The Kier molecular flexibility index (Phi) is 4.70. The lowest BCUT2D eigenvalue weighted by Crippen LogP contribution is -2.23. The number of aryl methyl sites for hydroxylation is 2. The standard InChI is InChI=1S/C19H21N3O3/c1-13-5-7-17(14(2)11-13)20-19(23)16-12-15(22(24)25)6-8-18(16)21-9-3-4-10-21/h5-8,11-12H,3-4,9-10H2,1-2H3,(H,20,23). The summed E-state index contributed by atoms with van der Waals surface area (Å²) in [5.41, 5.74) is 3.81. The number of carbonyl (C=O) groups excluding carboxylic acids is 1. The molecule has 1 amide bonds. The molecule has 1 aliphatic rings. The summed E-state index contributed by atoms with van der Waals surface area (Å²) in [5, 5.41) is 14.0. The van der Waals surface area contributed by atoms with Gasteiger partial charge in [0.05, 0.1) is 16.2 Å². The number of rotatable bonds is 4. The fraction of sp³-hybridized carbons (Fsp3) is 0.316. The highest BCUT2D eigenvalue weighted by Crippen LogP contribution is 2.29. The van der Waals surface area contributed by atoms with Crippen LogP contribution in [-0.2, 0) is 0 Å². The number of benzene rings is 2. The monoisotopic (exact) mass is 339 g/mol. The molecule has 0 aromatic heterocycles. The Balaban J connectivity index is 1.96. The van der Waals surface area contributed by atoms with E-state index in [-0.39, 0.29) is 11.6 Å². The van der Waals surface area contributed by atoms with Gasteiger partial charge in [-0.15, -0.1) is 0 Å². The number of nitro benzene ring substituents is 1. The summed E-state index contributed by atoms with van der Waals surface area (Å²) in [5.74, 6) is -0.322. The molecule has 0 unspecified atom stereocenters. The van der Waals surface area contributed by atoms with E-state index in [1.54, 1.807) is 6.07 Å². The molecule has 0 aliphatic carbocycles. The van der Waals surface area contributed by atoms with Crippen molar-refractivity contribution in [2.45, 2.75) is 26.7 Å². The predicted octanol–water partition coefficient (Wildman–Crippen LogP) is 4.06. The van der Waals surface area contributed by atoms with Crippen LogP contribution in [0, 0.1) is 24.0 Å². The minimum absolute atomic E-state index is 0.0753. The van der Waals surface area contributed by atoms with Crippen molar-refractivity contribution in [1.29, 1.82) is 0 Å². The van der Waals surface area contributed by atoms with E-state index < -0.39 is 4.92 Å². The first-order valence-electron chi connectivity index (χ1n) is 8.38. The molecule has 1 aliphatic heterocycles. The summed E-state index contributed by atoms with van der Waals surface area (Å²) in [4.78, 5) is 25.6. The maximum Gasteiger partial charge on any atom is 0.270 e. The first-order chi connectivity index (χ1) is 12.0. The Labute approximate surface area is 146 Å². The second kappa shape index (κ2) is 6.93. The average Bonchev–Trinajstić information content (AvgIpc) is 3.11. The van der Waals surface area contributed by atoms with Crippen molar-refractivity contribution in [3.8, 4) is 0 Å². The van der Waals surface area contributed by atoms with E-state index >= 15 is 0 Å². The molecule has 1 heterocycles. The Hall–Kier alpha value is -2.89. The zero-order valence-electron chi connectivity index (χ0n) is 14.4. The van der Waals surface area contributed by atoms with Crippen LogP contribution in [-0.4, -0.2) is 23.9 Å². The number of non-ortho nitro benzene ring substituents is 1. The van der Waals surface area contributed by atoms with Crippen LogP contribution >= 0.6 is 0 Å². The normalized spacial score (nSPS) is 13.8. The molecule has 130 valence electrons. The van der Waals surface area contributed by atoms with Crippen molar-refractivity contribution in [2.75, 3.05) is 23.3 Å². The van der Waals surface area contributed by atoms with E-state index in [1.807, 2.05) is 32.0 Å². The van der Waals surface area contributed by atoms with Crippen molar-refractivity contribution in [2.24, 2.45) is 0 Å². The second-order valence-electron chi connectivity index (χ2n) is 6.43.